The van der Waals surface area contributed by atoms with Crippen LogP contribution < -0.4 is 0 Å². The summed E-state index contributed by atoms with van der Waals surface area (Å²) in [4.78, 5) is 12.4. The van der Waals surface area contributed by atoms with Gasteiger partial charge in [-0.05, 0) is 17.7 Å². The molecular weight excluding hydrogens is 420 g/mol. The summed E-state index contributed by atoms with van der Waals surface area (Å²) in [5.41, 5.74) is -4.77. The fraction of sp³-hybridized carbons (Fsp3) is 0.500. The number of carbonyl (C=O) groups is 1. The van der Waals surface area contributed by atoms with Gasteiger partial charge in [0.25, 0.3) is 18.8 Å². The van der Waals surface area contributed by atoms with Crippen molar-refractivity contribution in [2.24, 2.45) is 5.10 Å². The summed E-state index contributed by atoms with van der Waals surface area (Å²) < 4.78 is 106. The Balaban J connectivity index is 2.17. The highest BCUT2D eigenvalue weighted by atomic mass is 19.3. The molecule has 13 heteroatoms. The van der Waals surface area contributed by atoms with Gasteiger partial charge in [-0.25, -0.2) is 26.3 Å². The summed E-state index contributed by atoms with van der Waals surface area (Å²) in [6.45, 7) is -2.24. The topological polar surface area (TPSA) is 62.1 Å². The molecule has 0 bridgehead atoms. The number of carbonyl (C=O) groups excluding carboxylic acids is 1. The number of ether oxygens (including phenoxy) is 1. The second kappa shape index (κ2) is 8.61. The van der Waals surface area contributed by atoms with Crippen LogP contribution >= 0.6 is 0 Å². The number of rotatable bonds is 8. The van der Waals surface area contributed by atoms with Gasteiger partial charge in [0.2, 0.25) is 5.72 Å². The highest BCUT2D eigenvalue weighted by molar-refractivity contribution is 5.99. The van der Waals surface area contributed by atoms with Crippen molar-refractivity contribution in [3.63, 3.8) is 0 Å². The molecule has 0 fully saturated rings. The van der Waals surface area contributed by atoms with E-state index < -0.39 is 67.7 Å². The maximum Gasteiger partial charge on any atom is 0.330 e. The molecule has 1 atom stereocenters. The fourth-order valence-corrected chi connectivity index (χ4v) is 2.39. The van der Waals surface area contributed by atoms with E-state index in [0.29, 0.717) is 0 Å². The van der Waals surface area contributed by atoms with Crippen molar-refractivity contribution in [2.45, 2.75) is 44.0 Å². The lowest BCUT2D eigenvalue weighted by Crippen LogP contribution is -2.51. The number of amides is 1. The largest absolute Gasteiger partial charge is 0.370 e. The minimum absolute atomic E-state index is 0.0266. The third-order valence-electron chi connectivity index (χ3n) is 3.89. The normalized spacial score (nSPS) is 20.1. The molecule has 0 aliphatic carbocycles. The summed E-state index contributed by atoms with van der Waals surface area (Å²) in [5, 5.41) is 12.9. The van der Waals surface area contributed by atoms with E-state index in [2.05, 4.69) is 9.84 Å². The Morgan fingerprint density at radius 1 is 1.24 bits per heavy atom. The van der Waals surface area contributed by atoms with Crippen LogP contribution in [0.5, 0.6) is 0 Å². The van der Waals surface area contributed by atoms with Gasteiger partial charge < -0.3 is 9.84 Å². The average Bonchev–Trinajstić information content (AvgIpc) is 3.00. The third-order valence-corrected chi connectivity index (χ3v) is 3.89. The van der Waals surface area contributed by atoms with Crippen LogP contribution in [0.3, 0.4) is 0 Å². The Hall–Kier alpha value is -2.28. The molecule has 2 rings (SSSR count). The van der Waals surface area contributed by atoms with Crippen molar-refractivity contribution in [1.82, 2.24) is 5.01 Å². The minimum atomic E-state index is -4.39. The van der Waals surface area contributed by atoms with E-state index in [4.69, 9.17) is 0 Å². The second-order valence-electron chi connectivity index (χ2n) is 6.12. The summed E-state index contributed by atoms with van der Waals surface area (Å²) in [7, 11) is 0. The molecule has 1 aromatic carbocycles. The first kappa shape index (κ1) is 23.0. The van der Waals surface area contributed by atoms with Crippen LogP contribution in [0.25, 0.3) is 0 Å². The molecule has 1 aliphatic rings. The summed E-state index contributed by atoms with van der Waals surface area (Å²) >= 11 is 0. The highest BCUT2D eigenvalue weighted by Gasteiger charge is 2.53. The first-order chi connectivity index (χ1) is 13.4. The van der Waals surface area contributed by atoms with Gasteiger partial charge >= 0.3 is 12.3 Å². The molecule has 0 aromatic heterocycles. The van der Waals surface area contributed by atoms with Gasteiger partial charge in [-0.1, -0.05) is 12.1 Å². The smallest absolute Gasteiger partial charge is 0.330 e. The summed E-state index contributed by atoms with van der Waals surface area (Å²) in [5.74, 6) is -5.75. The van der Waals surface area contributed by atoms with Crippen molar-refractivity contribution >= 4 is 11.6 Å². The van der Waals surface area contributed by atoms with E-state index in [0.717, 1.165) is 12.1 Å². The van der Waals surface area contributed by atoms with Crippen molar-refractivity contribution in [2.75, 3.05) is 6.61 Å². The van der Waals surface area contributed by atoms with E-state index in [1.807, 2.05) is 0 Å². The van der Waals surface area contributed by atoms with Gasteiger partial charge in [0.15, 0.2) is 0 Å². The molecule has 1 amide bonds. The van der Waals surface area contributed by atoms with Gasteiger partial charge in [0.05, 0.1) is 6.61 Å². The second-order valence-corrected chi connectivity index (χ2v) is 6.12. The molecule has 0 spiro atoms. The van der Waals surface area contributed by atoms with E-state index in [9.17, 15) is 45.0 Å². The minimum Gasteiger partial charge on any atom is -0.370 e. The highest BCUT2D eigenvalue weighted by Crippen LogP contribution is 2.34. The summed E-state index contributed by atoms with van der Waals surface area (Å²) in [6, 6.07) is 4.49. The molecule has 0 unspecified atom stereocenters. The van der Waals surface area contributed by atoms with Crippen LogP contribution in [-0.2, 0) is 11.3 Å². The molecule has 0 radical (unpaired) electrons. The average molecular weight is 434 g/mol. The predicted molar refractivity (Wildman–Crippen MR) is 82.2 cm³/mol. The summed E-state index contributed by atoms with van der Waals surface area (Å²) in [6.07, 6.45) is -12.1. The lowest BCUT2D eigenvalue weighted by Gasteiger charge is -2.30. The first-order valence-electron chi connectivity index (χ1n) is 7.91. The Bertz CT molecular complexity index is 774. The zero-order valence-electron chi connectivity index (χ0n) is 14.3. The number of benzene rings is 1. The van der Waals surface area contributed by atoms with Gasteiger partial charge in [-0.3, -0.25) is 4.79 Å². The lowest BCUT2D eigenvalue weighted by molar-refractivity contribution is -0.168. The van der Waals surface area contributed by atoms with Gasteiger partial charge in [-0.2, -0.15) is 18.9 Å². The van der Waals surface area contributed by atoms with E-state index in [-0.39, 0.29) is 10.6 Å². The van der Waals surface area contributed by atoms with Crippen LogP contribution in [0.4, 0.5) is 35.1 Å². The zero-order chi connectivity index (χ0) is 22.0. The maximum atomic E-state index is 13.2. The molecule has 0 saturated carbocycles. The number of hydrazone groups is 1. The van der Waals surface area contributed by atoms with Crippen molar-refractivity contribution in [3.8, 4) is 0 Å². The van der Waals surface area contributed by atoms with Crippen LogP contribution in [-0.4, -0.2) is 59.3 Å². The van der Waals surface area contributed by atoms with Crippen LogP contribution in [0.1, 0.15) is 22.3 Å². The van der Waals surface area contributed by atoms with E-state index >= 15 is 0 Å². The molecular formula is C16H14F8N2O3. The molecule has 29 heavy (non-hydrogen) atoms. The van der Waals surface area contributed by atoms with Crippen molar-refractivity contribution in [1.29, 1.82) is 0 Å². The molecule has 0 saturated heterocycles. The Morgan fingerprint density at radius 2 is 1.90 bits per heavy atom. The predicted octanol–water partition coefficient (Wildman–Crippen LogP) is 3.52. The Kier molecular flexibility index (Phi) is 6.83. The number of nitrogens with zero attached hydrogens (tertiary/aromatic N) is 2. The molecule has 5 nitrogen and oxygen atoms in total. The van der Waals surface area contributed by atoms with Crippen LogP contribution in [0.2, 0.25) is 0 Å². The zero-order valence-corrected chi connectivity index (χ0v) is 14.3. The quantitative estimate of drug-likeness (QED) is 0.637. The molecule has 1 heterocycles. The number of hydrogen-bond donors (Lipinski definition) is 1. The number of alkyl halides is 8. The van der Waals surface area contributed by atoms with Crippen molar-refractivity contribution < 1.29 is 49.8 Å². The molecule has 1 aliphatic heterocycles. The van der Waals surface area contributed by atoms with Crippen LogP contribution in [0, 0.1) is 0 Å². The monoisotopic (exact) mass is 434 g/mol. The number of aliphatic hydroxyl groups is 1. The van der Waals surface area contributed by atoms with E-state index in [1.165, 1.54) is 12.1 Å². The SMILES string of the molecule is O=C(c1cccc(COCC(F)(F)C(F)F)c1)N1N=C(C(F)F)C[C@]1(O)C(F)F. The molecule has 162 valence electrons. The Morgan fingerprint density at radius 3 is 2.45 bits per heavy atom. The number of halogens is 8. The first-order valence-corrected chi connectivity index (χ1v) is 7.91. The van der Waals surface area contributed by atoms with Crippen LogP contribution in [0.15, 0.2) is 29.4 Å². The molecule has 1 aromatic rings. The third kappa shape index (κ3) is 5.01. The molecule has 1 N–H and O–H groups in total. The van der Waals surface area contributed by atoms with Crippen molar-refractivity contribution in [3.05, 3.63) is 35.4 Å². The Labute approximate surface area is 158 Å². The van der Waals surface area contributed by atoms with Gasteiger partial charge in [-0.15, -0.1) is 0 Å². The van der Waals surface area contributed by atoms with Gasteiger partial charge in [0, 0.05) is 12.0 Å². The number of hydrogen-bond acceptors (Lipinski definition) is 4. The lowest BCUT2D eigenvalue weighted by atomic mass is 10.1. The van der Waals surface area contributed by atoms with Gasteiger partial charge in [0.1, 0.15) is 12.3 Å². The van der Waals surface area contributed by atoms with E-state index in [1.54, 1.807) is 0 Å². The maximum absolute atomic E-state index is 13.2. The standard InChI is InChI=1S/C16H14F8N2O3/c17-11(18)10-5-16(28,14(21)22)26(25-10)12(27)9-3-1-2-8(4-9)6-29-7-15(23,24)13(19)20/h1-4,11,13-14,28H,5-7H2/t16-/m0/s1. The fourth-order valence-electron chi connectivity index (χ4n) is 2.39.